The first-order valence-electron chi connectivity index (χ1n) is 4.45. The van der Waals surface area contributed by atoms with Gasteiger partial charge in [-0.25, -0.2) is 9.82 Å². The minimum atomic E-state index is -0.270. The number of hydrogen-bond donors (Lipinski definition) is 2. The van der Waals surface area contributed by atoms with Crippen molar-refractivity contribution in [1.29, 1.82) is 5.26 Å². The van der Waals surface area contributed by atoms with Gasteiger partial charge in [-0.05, 0) is 17.7 Å². The normalized spacial score (nSPS) is 26.0. The molecular weight excluding hydrogens is 181 g/mol. The van der Waals surface area contributed by atoms with Gasteiger partial charge in [0, 0.05) is 6.54 Å². The molecule has 1 aliphatic rings. The van der Waals surface area contributed by atoms with E-state index in [1.165, 1.54) is 12.1 Å². The Kier molecular flexibility index (Phi) is 2.44. The van der Waals surface area contributed by atoms with Crippen molar-refractivity contribution >= 4 is 0 Å². The fourth-order valence-electron chi connectivity index (χ4n) is 1.63. The summed E-state index contributed by atoms with van der Waals surface area (Å²) in [6.07, 6.45) is 0. The zero-order valence-corrected chi connectivity index (χ0v) is 7.50. The number of benzene rings is 1. The highest BCUT2D eigenvalue weighted by Gasteiger charge is 2.27. The van der Waals surface area contributed by atoms with Gasteiger partial charge < -0.3 is 0 Å². The summed E-state index contributed by atoms with van der Waals surface area (Å²) in [6, 6.07) is 8.39. The molecule has 0 bridgehead atoms. The first kappa shape index (κ1) is 9.13. The molecule has 0 spiro atoms. The van der Waals surface area contributed by atoms with Crippen LogP contribution in [0, 0.1) is 23.1 Å². The number of hydrogen-bond acceptors (Lipinski definition) is 3. The molecule has 1 aromatic rings. The molecule has 0 aliphatic carbocycles. The first-order valence-corrected chi connectivity index (χ1v) is 4.45. The van der Waals surface area contributed by atoms with Gasteiger partial charge in [-0.2, -0.15) is 5.26 Å². The third-order valence-corrected chi connectivity index (χ3v) is 2.36. The zero-order valence-electron chi connectivity index (χ0n) is 7.50. The van der Waals surface area contributed by atoms with Gasteiger partial charge in [0.25, 0.3) is 0 Å². The SMILES string of the molecule is N#CC1CNNC1c1cccc(F)c1. The Morgan fingerprint density at radius 3 is 3.07 bits per heavy atom. The van der Waals surface area contributed by atoms with Crippen molar-refractivity contribution in [3.05, 3.63) is 35.6 Å². The van der Waals surface area contributed by atoms with Crippen LogP contribution in [0.15, 0.2) is 24.3 Å². The average molecular weight is 191 g/mol. The topological polar surface area (TPSA) is 47.9 Å². The Balaban J connectivity index is 2.27. The van der Waals surface area contributed by atoms with Crippen LogP contribution >= 0.6 is 0 Å². The van der Waals surface area contributed by atoms with E-state index in [0.717, 1.165) is 5.56 Å². The minimum absolute atomic E-state index is 0.115. The van der Waals surface area contributed by atoms with Crippen LogP contribution < -0.4 is 10.9 Å². The zero-order chi connectivity index (χ0) is 9.97. The third-order valence-electron chi connectivity index (χ3n) is 2.36. The molecule has 1 heterocycles. The van der Waals surface area contributed by atoms with Crippen molar-refractivity contribution in [3.8, 4) is 6.07 Å². The molecular formula is C10H10FN3. The van der Waals surface area contributed by atoms with Gasteiger partial charge in [0.2, 0.25) is 0 Å². The number of nitrogens with one attached hydrogen (secondary N) is 2. The lowest BCUT2D eigenvalue weighted by molar-refractivity contribution is 0.538. The highest BCUT2D eigenvalue weighted by Crippen LogP contribution is 2.24. The summed E-state index contributed by atoms with van der Waals surface area (Å²) in [5, 5.41) is 8.84. The van der Waals surface area contributed by atoms with E-state index in [1.807, 2.05) is 6.07 Å². The molecule has 4 heteroatoms. The number of rotatable bonds is 1. The predicted molar refractivity (Wildman–Crippen MR) is 49.4 cm³/mol. The molecule has 2 N–H and O–H groups in total. The van der Waals surface area contributed by atoms with Gasteiger partial charge in [-0.3, -0.25) is 5.43 Å². The summed E-state index contributed by atoms with van der Waals surface area (Å²) in [6.45, 7) is 0.595. The largest absolute Gasteiger partial charge is 0.256 e. The van der Waals surface area contributed by atoms with Crippen LogP contribution in [0.1, 0.15) is 11.6 Å². The molecule has 1 aliphatic heterocycles. The van der Waals surface area contributed by atoms with E-state index in [1.54, 1.807) is 6.07 Å². The van der Waals surface area contributed by atoms with E-state index in [4.69, 9.17) is 5.26 Å². The molecule has 2 unspecified atom stereocenters. The Labute approximate surface area is 81.5 Å². The summed E-state index contributed by atoms with van der Waals surface area (Å²) in [4.78, 5) is 0. The second kappa shape index (κ2) is 3.74. The van der Waals surface area contributed by atoms with Crippen molar-refractivity contribution in [1.82, 2.24) is 10.9 Å². The highest BCUT2D eigenvalue weighted by molar-refractivity contribution is 5.23. The molecule has 3 nitrogen and oxygen atoms in total. The van der Waals surface area contributed by atoms with Crippen LogP contribution in [0.2, 0.25) is 0 Å². The lowest BCUT2D eigenvalue weighted by atomic mass is 9.96. The highest BCUT2D eigenvalue weighted by atomic mass is 19.1. The lowest BCUT2D eigenvalue weighted by Gasteiger charge is -2.12. The van der Waals surface area contributed by atoms with Gasteiger partial charge in [-0.15, -0.1) is 0 Å². The molecule has 0 aromatic heterocycles. The number of halogens is 1. The molecule has 1 saturated heterocycles. The van der Waals surface area contributed by atoms with Crippen molar-refractivity contribution in [3.63, 3.8) is 0 Å². The Hall–Kier alpha value is -1.44. The summed E-state index contributed by atoms with van der Waals surface area (Å²) in [5.41, 5.74) is 6.67. The van der Waals surface area contributed by atoms with Crippen molar-refractivity contribution < 1.29 is 4.39 Å². The lowest BCUT2D eigenvalue weighted by Crippen LogP contribution is -2.24. The summed E-state index contributed by atoms with van der Waals surface area (Å²) >= 11 is 0. The monoisotopic (exact) mass is 191 g/mol. The molecule has 14 heavy (non-hydrogen) atoms. The van der Waals surface area contributed by atoms with Crippen molar-refractivity contribution in [2.75, 3.05) is 6.54 Å². The average Bonchev–Trinajstić information content (AvgIpc) is 2.65. The minimum Gasteiger partial charge on any atom is -0.256 e. The molecule has 1 fully saturated rings. The fraction of sp³-hybridized carbons (Fsp3) is 0.300. The quantitative estimate of drug-likeness (QED) is 0.699. The molecule has 0 saturated carbocycles. The fourth-order valence-corrected chi connectivity index (χ4v) is 1.63. The van der Waals surface area contributed by atoms with Crippen LogP contribution in [0.25, 0.3) is 0 Å². The maximum absolute atomic E-state index is 12.9. The van der Waals surface area contributed by atoms with Crippen LogP contribution in [0.4, 0.5) is 4.39 Å². The van der Waals surface area contributed by atoms with Gasteiger partial charge >= 0.3 is 0 Å². The second-order valence-electron chi connectivity index (χ2n) is 3.29. The smallest absolute Gasteiger partial charge is 0.123 e. The second-order valence-corrected chi connectivity index (χ2v) is 3.29. The van der Waals surface area contributed by atoms with Crippen molar-refractivity contribution in [2.24, 2.45) is 5.92 Å². The summed E-state index contributed by atoms with van der Waals surface area (Å²) in [7, 11) is 0. The van der Waals surface area contributed by atoms with Crippen LogP contribution in [-0.2, 0) is 0 Å². The number of nitrogens with zero attached hydrogens (tertiary/aromatic N) is 1. The molecule has 2 atom stereocenters. The van der Waals surface area contributed by atoms with Gasteiger partial charge in [0.1, 0.15) is 5.82 Å². The van der Waals surface area contributed by atoms with Crippen LogP contribution in [-0.4, -0.2) is 6.54 Å². The maximum Gasteiger partial charge on any atom is 0.123 e. The van der Waals surface area contributed by atoms with Crippen LogP contribution in [0.5, 0.6) is 0 Å². The first-order chi connectivity index (χ1) is 6.81. The number of nitriles is 1. The van der Waals surface area contributed by atoms with Crippen molar-refractivity contribution in [2.45, 2.75) is 6.04 Å². The summed E-state index contributed by atoms with van der Waals surface area (Å²) < 4.78 is 12.9. The third kappa shape index (κ3) is 1.60. The van der Waals surface area contributed by atoms with E-state index in [0.29, 0.717) is 6.54 Å². The summed E-state index contributed by atoms with van der Waals surface area (Å²) in [5.74, 6) is -0.412. The maximum atomic E-state index is 12.9. The van der Waals surface area contributed by atoms with Gasteiger partial charge in [0.05, 0.1) is 18.0 Å². The standard InChI is InChI=1S/C10H10FN3/c11-9-3-1-2-7(4-9)10-8(5-12)6-13-14-10/h1-4,8,10,13-14H,6H2. The molecule has 72 valence electrons. The Morgan fingerprint density at radius 2 is 2.36 bits per heavy atom. The number of hydrazine groups is 1. The molecule has 0 radical (unpaired) electrons. The van der Waals surface area contributed by atoms with E-state index in [9.17, 15) is 4.39 Å². The van der Waals surface area contributed by atoms with Gasteiger partial charge in [-0.1, -0.05) is 12.1 Å². The van der Waals surface area contributed by atoms with E-state index < -0.39 is 0 Å². The van der Waals surface area contributed by atoms with Crippen LogP contribution in [0.3, 0.4) is 0 Å². The predicted octanol–water partition coefficient (Wildman–Crippen LogP) is 1.11. The van der Waals surface area contributed by atoms with E-state index in [2.05, 4.69) is 16.9 Å². The Bertz CT molecular complexity index is 372. The molecule has 1 aromatic carbocycles. The Morgan fingerprint density at radius 1 is 1.50 bits per heavy atom. The van der Waals surface area contributed by atoms with Gasteiger partial charge in [0.15, 0.2) is 0 Å². The van der Waals surface area contributed by atoms with E-state index in [-0.39, 0.29) is 17.8 Å². The molecule has 2 rings (SSSR count). The molecule has 0 amide bonds. The van der Waals surface area contributed by atoms with E-state index >= 15 is 0 Å².